The normalized spacial score (nSPS) is 19.1. The number of hydrogen-bond acceptors (Lipinski definition) is 5. The molecule has 0 radical (unpaired) electrons. The first kappa shape index (κ1) is 20.3. The van der Waals surface area contributed by atoms with E-state index < -0.39 is 17.5 Å². The second-order valence-corrected chi connectivity index (χ2v) is 7.52. The number of amides is 4. The number of rotatable bonds is 3. The van der Waals surface area contributed by atoms with Gasteiger partial charge in [-0.1, -0.05) is 29.5 Å². The summed E-state index contributed by atoms with van der Waals surface area (Å²) in [7, 11) is 1.51. The van der Waals surface area contributed by atoms with Gasteiger partial charge in [0.25, 0.3) is 11.8 Å². The summed E-state index contributed by atoms with van der Waals surface area (Å²) < 4.78 is 5.18. The van der Waals surface area contributed by atoms with E-state index in [4.69, 9.17) is 21.6 Å². The van der Waals surface area contributed by atoms with Gasteiger partial charge in [0.15, 0.2) is 0 Å². The molecule has 8 nitrogen and oxygen atoms in total. The smallest absolute Gasteiger partial charge is 0.323 e. The molecule has 4 rings (SSSR count). The number of nitriles is 1. The molecule has 1 atom stereocenters. The molecule has 2 heterocycles. The lowest BCUT2D eigenvalue weighted by molar-refractivity contribution is -0.122. The van der Waals surface area contributed by atoms with Crippen LogP contribution in [-0.2, 0) is 11.3 Å². The summed E-state index contributed by atoms with van der Waals surface area (Å²) in [6.07, 6.45) is 0. The lowest BCUT2D eigenvalue weighted by Gasteiger charge is -2.26. The molecule has 2 aliphatic heterocycles. The number of carbonyl (C=O) groups is 3. The van der Waals surface area contributed by atoms with E-state index in [1.807, 2.05) is 6.07 Å². The number of nitrogens with zero attached hydrogens (tertiary/aromatic N) is 2. The maximum atomic E-state index is 12.9. The number of hydrogen-bond donors (Lipinski definition) is 2. The number of benzene rings is 2. The lowest BCUT2D eigenvalue weighted by Crippen LogP contribution is -2.54. The summed E-state index contributed by atoms with van der Waals surface area (Å²) >= 11 is 6.01. The maximum absolute atomic E-state index is 12.9. The van der Waals surface area contributed by atoms with E-state index in [0.717, 1.165) is 5.56 Å². The highest BCUT2D eigenvalue weighted by Crippen LogP contribution is 2.28. The van der Waals surface area contributed by atoms with Gasteiger partial charge in [-0.15, -0.1) is 0 Å². The van der Waals surface area contributed by atoms with Crippen molar-refractivity contribution in [1.29, 1.82) is 5.26 Å². The van der Waals surface area contributed by atoms with Gasteiger partial charge in [-0.2, -0.15) is 5.26 Å². The summed E-state index contributed by atoms with van der Waals surface area (Å²) in [5, 5.41) is 14.1. The van der Waals surface area contributed by atoms with Crippen LogP contribution in [0.25, 0.3) is 0 Å². The highest BCUT2D eigenvalue weighted by atomic mass is 35.5. The monoisotopic (exact) mass is 434 g/mol. The van der Waals surface area contributed by atoms with Gasteiger partial charge in [0, 0.05) is 22.7 Å². The second-order valence-electron chi connectivity index (χ2n) is 7.09. The molecule has 0 aliphatic carbocycles. The zero-order chi connectivity index (χ0) is 22.2. The fourth-order valence-corrected chi connectivity index (χ4v) is 3.75. The molecule has 1 saturated heterocycles. The quantitative estimate of drug-likeness (QED) is 0.565. The first-order chi connectivity index (χ1) is 14.8. The van der Waals surface area contributed by atoms with Gasteiger partial charge in [-0.05, 0) is 35.9 Å². The number of nitrogens with one attached hydrogen (secondary N) is 2. The average Bonchev–Trinajstić information content (AvgIpc) is 3.21. The van der Waals surface area contributed by atoms with E-state index >= 15 is 0 Å². The Morgan fingerprint density at radius 1 is 1.19 bits per heavy atom. The van der Waals surface area contributed by atoms with Crippen LogP contribution in [0.15, 0.2) is 36.4 Å². The van der Waals surface area contributed by atoms with Crippen LogP contribution in [-0.4, -0.2) is 41.9 Å². The van der Waals surface area contributed by atoms with Crippen molar-refractivity contribution in [2.24, 2.45) is 0 Å². The van der Waals surface area contributed by atoms with E-state index in [9.17, 15) is 14.4 Å². The van der Waals surface area contributed by atoms with Gasteiger partial charge in [0.2, 0.25) is 5.54 Å². The summed E-state index contributed by atoms with van der Waals surface area (Å²) in [6.45, 7) is 0.111. The van der Waals surface area contributed by atoms with Crippen LogP contribution in [0.3, 0.4) is 0 Å². The summed E-state index contributed by atoms with van der Waals surface area (Å²) in [5.41, 5.74) is 0.324. The van der Waals surface area contributed by atoms with Crippen molar-refractivity contribution in [3.05, 3.63) is 63.7 Å². The van der Waals surface area contributed by atoms with Crippen LogP contribution < -0.4 is 15.4 Å². The molecular formula is C22H15ClN4O4. The van der Waals surface area contributed by atoms with Crippen molar-refractivity contribution >= 4 is 29.4 Å². The van der Waals surface area contributed by atoms with Gasteiger partial charge in [-0.25, -0.2) is 4.79 Å². The van der Waals surface area contributed by atoms with Crippen LogP contribution in [0.5, 0.6) is 5.75 Å². The highest BCUT2D eigenvalue weighted by Gasteiger charge is 2.48. The molecule has 2 aromatic carbocycles. The molecule has 154 valence electrons. The van der Waals surface area contributed by atoms with Crippen molar-refractivity contribution in [1.82, 2.24) is 15.5 Å². The third kappa shape index (κ3) is 3.77. The van der Waals surface area contributed by atoms with Gasteiger partial charge >= 0.3 is 6.03 Å². The molecule has 1 fully saturated rings. The number of imide groups is 1. The van der Waals surface area contributed by atoms with Crippen molar-refractivity contribution in [3.8, 4) is 23.7 Å². The number of ether oxygens (including phenoxy) is 1. The Hall–Kier alpha value is -4.01. The number of fused-ring (bicyclic) bond motifs is 1. The number of urea groups is 1. The molecule has 0 saturated carbocycles. The Morgan fingerprint density at radius 3 is 2.65 bits per heavy atom. The molecule has 2 aromatic rings. The Bertz CT molecular complexity index is 1240. The molecule has 0 aromatic heterocycles. The van der Waals surface area contributed by atoms with Gasteiger partial charge in [0.05, 0.1) is 25.3 Å². The van der Waals surface area contributed by atoms with Crippen molar-refractivity contribution in [3.63, 3.8) is 0 Å². The van der Waals surface area contributed by atoms with Gasteiger partial charge < -0.3 is 15.0 Å². The molecule has 2 N–H and O–H groups in total. The van der Waals surface area contributed by atoms with Crippen molar-refractivity contribution in [2.75, 3.05) is 13.7 Å². The van der Waals surface area contributed by atoms with E-state index in [1.165, 1.54) is 24.1 Å². The molecule has 4 amide bonds. The summed E-state index contributed by atoms with van der Waals surface area (Å²) in [4.78, 5) is 38.9. The minimum absolute atomic E-state index is 0.154. The predicted molar refractivity (Wildman–Crippen MR) is 110 cm³/mol. The third-order valence-corrected chi connectivity index (χ3v) is 5.23. The SMILES string of the molecule is COc1ccc2c(c1)C(=O)N(C[C@@]1(C#Cc3cc(Cl)cc(C#N)c3)NC(=O)NC1=O)C2. The molecule has 0 unspecified atom stereocenters. The number of halogens is 1. The summed E-state index contributed by atoms with van der Waals surface area (Å²) in [6, 6.07) is 11.0. The van der Waals surface area contributed by atoms with Crippen LogP contribution in [0.4, 0.5) is 4.79 Å². The minimum atomic E-state index is -1.64. The van der Waals surface area contributed by atoms with E-state index in [0.29, 0.717) is 27.5 Å². The lowest BCUT2D eigenvalue weighted by atomic mass is 9.99. The minimum Gasteiger partial charge on any atom is -0.497 e. The van der Waals surface area contributed by atoms with Gasteiger partial charge in [-0.3, -0.25) is 14.9 Å². The predicted octanol–water partition coefficient (Wildman–Crippen LogP) is 1.81. The zero-order valence-corrected chi connectivity index (χ0v) is 17.0. The molecule has 0 spiro atoms. The van der Waals surface area contributed by atoms with Crippen LogP contribution in [0.1, 0.15) is 27.0 Å². The fourth-order valence-electron chi connectivity index (χ4n) is 3.52. The van der Waals surface area contributed by atoms with E-state index in [1.54, 1.807) is 24.3 Å². The van der Waals surface area contributed by atoms with Crippen LogP contribution in [0.2, 0.25) is 5.02 Å². The largest absolute Gasteiger partial charge is 0.497 e. The zero-order valence-electron chi connectivity index (χ0n) is 16.3. The van der Waals surface area contributed by atoms with Crippen molar-refractivity contribution in [2.45, 2.75) is 12.1 Å². The molecular weight excluding hydrogens is 420 g/mol. The van der Waals surface area contributed by atoms with Crippen LogP contribution >= 0.6 is 11.6 Å². The molecule has 31 heavy (non-hydrogen) atoms. The Balaban J connectivity index is 1.67. The second kappa shape index (κ2) is 7.67. The maximum Gasteiger partial charge on any atom is 0.323 e. The van der Waals surface area contributed by atoms with Gasteiger partial charge in [0.1, 0.15) is 5.75 Å². The van der Waals surface area contributed by atoms with E-state index in [2.05, 4.69) is 22.5 Å². The number of methoxy groups -OCH3 is 1. The molecule has 9 heteroatoms. The summed E-state index contributed by atoms with van der Waals surface area (Å²) in [5.74, 6) is 5.18. The topological polar surface area (TPSA) is 112 Å². The Labute approximate surface area is 182 Å². The first-order valence-corrected chi connectivity index (χ1v) is 9.55. The Morgan fingerprint density at radius 2 is 1.97 bits per heavy atom. The highest BCUT2D eigenvalue weighted by molar-refractivity contribution is 6.30. The third-order valence-electron chi connectivity index (χ3n) is 5.01. The van der Waals surface area contributed by atoms with E-state index in [-0.39, 0.29) is 19.0 Å². The number of carbonyl (C=O) groups excluding carboxylic acids is 3. The average molecular weight is 435 g/mol. The standard InChI is InChI=1S/C22H15ClN4O4/c1-31-17-3-2-15-11-27(19(28)18(15)9-17)12-22(20(29)25-21(30)26-22)5-4-13-6-14(10-24)8-16(23)7-13/h2-3,6-9H,11-12H2,1H3,(H2,25,26,29,30)/t22-/m1/s1. The molecule has 0 bridgehead atoms. The first-order valence-electron chi connectivity index (χ1n) is 9.17. The molecule has 2 aliphatic rings. The van der Waals surface area contributed by atoms with Crippen molar-refractivity contribution < 1.29 is 19.1 Å². The van der Waals surface area contributed by atoms with Crippen LogP contribution in [0, 0.1) is 23.2 Å². The Kier molecular flexibility index (Phi) is 5.02. The fraction of sp³-hybridized carbons (Fsp3) is 0.182.